The Hall–Kier alpha value is -2.63. The molecule has 0 fully saturated rings. The molecule has 6 heteroatoms. The summed E-state index contributed by atoms with van der Waals surface area (Å²) >= 11 is 0. The number of rotatable bonds is 5. The number of hydrogen-bond acceptors (Lipinski definition) is 3. The summed E-state index contributed by atoms with van der Waals surface area (Å²) in [5.41, 5.74) is 0.804. The Kier molecular flexibility index (Phi) is 5.73. The highest BCUT2D eigenvalue weighted by atomic mass is 19.4. The molecule has 1 aromatic heterocycles. The first-order valence-corrected chi connectivity index (χ1v) is 7.27. The van der Waals surface area contributed by atoms with Crippen LogP contribution in [0.5, 0.6) is 0 Å². The third-order valence-electron chi connectivity index (χ3n) is 3.39. The number of nitrogens with zero attached hydrogens (tertiary/aromatic N) is 1. The van der Waals surface area contributed by atoms with E-state index in [2.05, 4.69) is 9.72 Å². The number of aromatic nitrogens is 1. The minimum absolute atomic E-state index is 0.286. The van der Waals surface area contributed by atoms with Crippen molar-refractivity contribution in [1.29, 1.82) is 0 Å². The van der Waals surface area contributed by atoms with E-state index in [0.717, 1.165) is 17.7 Å². The smallest absolute Gasteiger partial charge is 0.433 e. The number of carbonyl (C=O) groups is 1. The van der Waals surface area contributed by atoms with Gasteiger partial charge in [0.05, 0.1) is 7.11 Å². The molecule has 1 heterocycles. The lowest BCUT2D eigenvalue weighted by Crippen LogP contribution is -2.11. The van der Waals surface area contributed by atoms with Crippen molar-refractivity contribution in [1.82, 2.24) is 4.98 Å². The van der Waals surface area contributed by atoms with Gasteiger partial charge >= 0.3 is 12.1 Å². The maximum Gasteiger partial charge on any atom is 0.433 e. The average molecular weight is 335 g/mol. The number of aryl methyl sites for hydroxylation is 2. The zero-order valence-corrected chi connectivity index (χ0v) is 13.0. The zero-order chi connectivity index (χ0) is 17.6. The maximum atomic E-state index is 12.9. The van der Waals surface area contributed by atoms with E-state index >= 15 is 0 Å². The second-order valence-electron chi connectivity index (χ2n) is 5.07. The van der Waals surface area contributed by atoms with Gasteiger partial charge in [-0.05, 0) is 36.1 Å². The van der Waals surface area contributed by atoms with Gasteiger partial charge in [0.15, 0.2) is 0 Å². The van der Waals surface area contributed by atoms with Gasteiger partial charge in [-0.3, -0.25) is 0 Å². The average Bonchev–Trinajstić information content (AvgIpc) is 2.58. The van der Waals surface area contributed by atoms with E-state index in [1.807, 2.05) is 30.3 Å². The number of benzene rings is 1. The standard InChI is InChI=1S/C18H16F3NO2/c1-24-17(23)12-9-14-8-11-16(18(19,20)21)22-15(14)10-7-13-5-3-2-4-6-13/h2-6,8-9,11-12H,7,10H2,1H3. The Morgan fingerprint density at radius 1 is 1.12 bits per heavy atom. The third kappa shape index (κ3) is 4.94. The molecule has 0 atom stereocenters. The van der Waals surface area contributed by atoms with Crippen molar-refractivity contribution in [2.75, 3.05) is 7.11 Å². The van der Waals surface area contributed by atoms with Gasteiger partial charge in [-0.25, -0.2) is 9.78 Å². The van der Waals surface area contributed by atoms with Crippen LogP contribution in [0.25, 0.3) is 6.08 Å². The van der Waals surface area contributed by atoms with Crippen LogP contribution in [0.1, 0.15) is 22.5 Å². The molecule has 0 aliphatic carbocycles. The number of halogens is 3. The number of methoxy groups -OCH3 is 1. The van der Waals surface area contributed by atoms with E-state index in [-0.39, 0.29) is 5.69 Å². The van der Waals surface area contributed by atoms with Crippen molar-refractivity contribution in [3.05, 3.63) is 71.1 Å². The number of hydrogen-bond donors (Lipinski definition) is 0. The van der Waals surface area contributed by atoms with Crippen LogP contribution >= 0.6 is 0 Å². The van der Waals surface area contributed by atoms with Crippen molar-refractivity contribution in [2.24, 2.45) is 0 Å². The molecule has 126 valence electrons. The van der Waals surface area contributed by atoms with E-state index in [1.54, 1.807) is 0 Å². The molecule has 0 amide bonds. The number of pyridine rings is 1. The van der Waals surface area contributed by atoms with Crippen molar-refractivity contribution < 1.29 is 22.7 Å². The molecule has 0 radical (unpaired) electrons. The first-order valence-electron chi connectivity index (χ1n) is 7.27. The molecular formula is C18H16F3NO2. The van der Waals surface area contributed by atoms with Crippen LogP contribution in [0.4, 0.5) is 13.2 Å². The maximum absolute atomic E-state index is 12.9. The van der Waals surface area contributed by atoms with E-state index in [0.29, 0.717) is 18.4 Å². The number of alkyl halides is 3. The molecule has 0 bridgehead atoms. The molecular weight excluding hydrogens is 319 g/mol. The summed E-state index contributed by atoms with van der Waals surface area (Å²) in [6.45, 7) is 0. The van der Waals surface area contributed by atoms with Gasteiger partial charge in [0.25, 0.3) is 0 Å². The SMILES string of the molecule is COC(=O)C=Cc1ccc(C(F)(F)F)nc1CCc1ccccc1. The van der Waals surface area contributed by atoms with Crippen molar-refractivity contribution in [3.8, 4) is 0 Å². The lowest BCUT2D eigenvalue weighted by Gasteiger charge is -2.11. The molecule has 0 spiro atoms. The molecule has 3 nitrogen and oxygen atoms in total. The normalized spacial score (nSPS) is 11.7. The number of carbonyl (C=O) groups excluding carboxylic acids is 1. The van der Waals surface area contributed by atoms with Gasteiger partial charge in [-0.1, -0.05) is 36.4 Å². The van der Waals surface area contributed by atoms with Gasteiger partial charge in [0.1, 0.15) is 5.69 Å². The molecule has 2 aromatic rings. The highest BCUT2D eigenvalue weighted by molar-refractivity contribution is 5.87. The van der Waals surface area contributed by atoms with Crippen molar-refractivity contribution in [3.63, 3.8) is 0 Å². The van der Waals surface area contributed by atoms with Crippen LogP contribution in [0.15, 0.2) is 48.5 Å². The molecule has 0 aliphatic rings. The van der Waals surface area contributed by atoms with E-state index in [1.165, 1.54) is 19.3 Å². The van der Waals surface area contributed by atoms with Crippen LogP contribution in [-0.4, -0.2) is 18.1 Å². The van der Waals surface area contributed by atoms with Crippen molar-refractivity contribution >= 4 is 12.0 Å². The van der Waals surface area contributed by atoms with Crippen LogP contribution in [0.2, 0.25) is 0 Å². The van der Waals surface area contributed by atoms with Gasteiger partial charge in [0.2, 0.25) is 0 Å². The molecule has 0 saturated carbocycles. The monoisotopic (exact) mass is 335 g/mol. The summed E-state index contributed by atoms with van der Waals surface area (Å²) in [6, 6.07) is 11.6. The lowest BCUT2D eigenvalue weighted by molar-refractivity contribution is -0.141. The van der Waals surface area contributed by atoms with Crippen LogP contribution in [0, 0.1) is 0 Å². The Morgan fingerprint density at radius 3 is 2.46 bits per heavy atom. The molecule has 1 aromatic carbocycles. The summed E-state index contributed by atoms with van der Waals surface area (Å²) in [5.74, 6) is -0.580. The first kappa shape index (κ1) is 17.7. The topological polar surface area (TPSA) is 39.2 Å². The second-order valence-corrected chi connectivity index (χ2v) is 5.07. The zero-order valence-electron chi connectivity index (χ0n) is 13.0. The molecule has 0 aliphatic heterocycles. The minimum Gasteiger partial charge on any atom is -0.466 e. The summed E-state index contributed by atoms with van der Waals surface area (Å²) in [5, 5.41) is 0. The summed E-state index contributed by atoms with van der Waals surface area (Å²) in [7, 11) is 1.23. The minimum atomic E-state index is -4.51. The predicted molar refractivity (Wildman–Crippen MR) is 84.1 cm³/mol. The summed E-state index contributed by atoms with van der Waals surface area (Å²) in [4.78, 5) is 14.9. The summed E-state index contributed by atoms with van der Waals surface area (Å²) < 4.78 is 43.1. The van der Waals surface area contributed by atoms with Gasteiger partial charge in [-0.2, -0.15) is 13.2 Å². The van der Waals surface area contributed by atoms with E-state index in [4.69, 9.17) is 0 Å². The van der Waals surface area contributed by atoms with E-state index in [9.17, 15) is 18.0 Å². The Morgan fingerprint density at radius 2 is 1.83 bits per heavy atom. The molecule has 24 heavy (non-hydrogen) atoms. The first-order chi connectivity index (χ1) is 11.4. The fourth-order valence-corrected chi connectivity index (χ4v) is 2.16. The second kappa shape index (κ2) is 7.77. The van der Waals surface area contributed by atoms with Gasteiger partial charge in [-0.15, -0.1) is 0 Å². The fraction of sp³-hybridized carbons (Fsp3) is 0.222. The Labute approximate surface area is 137 Å². The van der Waals surface area contributed by atoms with Crippen molar-refractivity contribution in [2.45, 2.75) is 19.0 Å². The Bertz CT molecular complexity index is 725. The molecule has 0 unspecified atom stereocenters. The van der Waals surface area contributed by atoms with Gasteiger partial charge in [0, 0.05) is 11.8 Å². The lowest BCUT2D eigenvalue weighted by atomic mass is 10.0. The highest BCUT2D eigenvalue weighted by Gasteiger charge is 2.32. The number of ether oxygens (including phenoxy) is 1. The highest BCUT2D eigenvalue weighted by Crippen LogP contribution is 2.28. The van der Waals surface area contributed by atoms with Crippen LogP contribution in [0.3, 0.4) is 0 Å². The van der Waals surface area contributed by atoms with Crippen LogP contribution < -0.4 is 0 Å². The van der Waals surface area contributed by atoms with Gasteiger partial charge < -0.3 is 4.74 Å². The molecule has 0 N–H and O–H groups in total. The quantitative estimate of drug-likeness (QED) is 0.611. The molecule has 2 rings (SSSR count). The van der Waals surface area contributed by atoms with Crippen LogP contribution in [-0.2, 0) is 28.5 Å². The molecule has 0 saturated heterocycles. The van der Waals surface area contributed by atoms with E-state index < -0.39 is 17.8 Å². The predicted octanol–water partition coefficient (Wildman–Crippen LogP) is 4.07. The third-order valence-corrected chi connectivity index (χ3v) is 3.39. The number of esters is 1. The largest absolute Gasteiger partial charge is 0.466 e. The fourth-order valence-electron chi connectivity index (χ4n) is 2.16. The Balaban J connectivity index is 2.29. The summed E-state index contributed by atoms with van der Waals surface area (Å²) in [6.07, 6.45) is -1.05.